The predicted molar refractivity (Wildman–Crippen MR) is 61.6 cm³/mol. The number of fused-ring (bicyclic) bond motifs is 1. The van der Waals surface area contributed by atoms with Gasteiger partial charge in [0, 0.05) is 17.9 Å². The zero-order valence-corrected chi connectivity index (χ0v) is 8.51. The molecule has 0 fully saturated rings. The highest BCUT2D eigenvalue weighted by Gasteiger charge is 1.98. The molecule has 16 heavy (non-hydrogen) atoms. The molecule has 0 radical (unpaired) electrons. The molecule has 1 heterocycles. The average Bonchev–Trinajstić information content (AvgIpc) is 2.77. The first-order valence-corrected chi connectivity index (χ1v) is 4.83. The molecule has 0 atom stereocenters. The van der Waals surface area contributed by atoms with E-state index >= 15 is 0 Å². The quantitative estimate of drug-likeness (QED) is 0.268. The van der Waals surface area contributed by atoms with E-state index in [0.717, 1.165) is 16.6 Å². The summed E-state index contributed by atoms with van der Waals surface area (Å²) in [6, 6.07) is 5.80. The molecule has 78 valence electrons. The maximum atomic E-state index is 8.09. The molecule has 5 nitrogen and oxygen atoms in total. The third-order valence-electron chi connectivity index (χ3n) is 2.07. The molecule has 2 rings (SSSR count). The summed E-state index contributed by atoms with van der Waals surface area (Å²) < 4.78 is 0. The fourth-order valence-corrected chi connectivity index (χ4v) is 1.37. The highest BCUT2D eigenvalue weighted by molar-refractivity contribution is 5.81. The van der Waals surface area contributed by atoms with Crippen LogP contribution in [0, 0.1) is 11.8 Å². The van der Waals surface area contributed by atoms with Crippen LogP contribution < -0.4 is 0 Å². The number of H-pyrrole nitrogens is 1. The Balaban J connectivity index is 2.20. The molecular formula is C11H9N5. The Kier molecular flexibility index (Phi) is 3.07. The van der Waals surface area contributed by atoms with Crippen LogP contribution in [0.4, 0.5) is 0 Å². The maximum absolute atomic E-state index is 8.09. The zero-order chi connectivity index (χ0) is 11.2. The largest absolute Gasteiger partial charge is 0.345 e. The lowest BCUT2D eigenvalue weighted by atomic mass is 10.2. The van der Waals surface area contributed by atoms with Gasteiger partial charge in [-0.3, -0.25) is 0 Å². The maximum Gasteiger partial charge on any atom is 0.104 e. The van der Waals surface area contributed by atoms with Gasteiger partial charge in [0.05, 0.1) is 17.4 Å². The molecule has 0 aliphatic rings. The Bertz CT molecular complexity index is 595. The van der Waals surface area contributed by atoms with Crippen molar-refractivity contribution in [1.82, 2.24) is 9.97 Å². The van der Waals surface area contributed by atoms with Crippen molar-refractivity contribution < 1.29 is 0 Å². The van der Waals surface area contributed by atoms with Gasteiger partial charge in [-0.05, 0) is 17.7 Å². The molecule has 1 aromatic heterocycles. The van der Waals surface area contributed by atoms with Gasteiger partial charge < -0.3 is 4.98 Å². The standard InChI is InChI=1S/C11H9N5/c12-16-15-7-2-1-4-9-5-3-6-10-11(9)14-8-13-10/h3,5-6,8H,2,7H2,(H,13,14). The third kappa shape index (κ3) is 2.14. The van der Waals surface area contributed by atoms with Gasteiger partial charge in [-0.1, -0.05) is 23.0 Å². The molecule has 0 unspecified atom stereocenters. The lowest BCUT2D eigenvalue weighted by molar-refractivity contribution is 1.01. The van der Waals surface area contributed by atoms with Crippen LogP contribution in [0.2, 0.25) is 0 Å². The summed E-state index contributed by atoms with van der Waals surface area (Å²) in [4.78, 5) is 9.88. The number of nitrogens with zero attached hydrogens (tertiary/aromatic N) is 4. The van der Waals surface area contributed by atoms with Crippen molar-refractivity contribution in [2.24, 2.45) is 5.11 Å². The van der Waals surface area contributed by atoms with Crippen molar-refractivity contribution in [2.75, 3.05) is 6.54 Å². The van der Waals surface area contributed by atoms with E-state index in [-0.39, 0.29) is 0 Å². The third-order valence-corrected chi connectivity index (χ3v) is 2.07. The molecule has 1 aromatic carbocycles. The topological polar surface area (TPSA) is 77.4 Å². The van der Waals surface area contributed by atoms with Crippen LogP contribution in [0.3, 0.4) is 0 Å². The number of aromatic amines is 1. The molecule has 0 saturated carbocycles. The molecule has 5 heteroatoms. The number of azide groups is 1. The van der Waals surface area contributed by atoms with Gasteiger partial charge in [0.25, 0.3) is 0 Å². The van der Waals surface area contributed by atoms with Gasteiger partial charge in [-0.15, -0.1) is 0 Å². The van der Waals surface area contributed by atoms with Gasteiger partial charge in [0.2, 0.25) is 0 Å². The zero-order valence-electron chi connectivity index (χ0n) is 8.51. The average molecular weight is 211 g/mol. The lowest BCUT2D eigenvalue weighted by Crippen LogP contribution is -1.79. The Hall–Kier alpha value is -2.44. The van der Waals surface area contributed by atoms with Gasteiger partial charge >= 0.3 is 0 Å². The van der Waals surface area contributed by atoms with Crippen LogP contribution in [-0.2, 0) is 0 Å². The number of hydrogen-bond donors (Lipinski definition) is 1. The normalized spacial score (nSPS) is 9.25. The Morgan fingerprint density at radius 1 is 1.50 bits per heavy atom. The van der Waals surface area contributed by atoms with Crippen molar-refractivity contribution in [2.45, 2.75) is 6.42 Å². The fourth-order valence-electron chi connectivity index (χ4n) is 1.37. The Morgan fingerprint density at radius 2 is 2.44 bits per heavy atom. The van der Waals surface area contributed by atoms with Gasteiger partial charge in [0.1, 0.15) is 5.52 Å². The van der Waals surface area contributed by atoms with Gasteiger partial charge in [-0.25, -0.2) is 4.98 Å². The summed E-state index contributed by atoms with van der Waals surface area (Å²) in [6.07, 6.45) is 2.21. The second kappa shape index (κ2) is 4.87. The van der Waals surface area contributed by atoms with Crippen molar-refractivity contribution in [1.29, 1.82) is 0 Å². The van der Waals surface area contributed by atoms with Crippen molar-refractivity contribution >= 4 is 11.0 Å². The fraction of sp³-hybridized carbons (Fsp3) is 0.182. The lowest BCUT2D eigenvalue weighted by Gasteiger charge is -1.91. The monoisotopic (exact) mass is 211 g/mol. The van der Waals surface area contributed by atoms with Crippen LogP contribution in [0.15, 0.2) is 29.6 Å². The van der Waals surface area contributed by atoms with E-state index in [4.69, 9.17) is 5.53 Å². The second-order valence-corrected chi connectivity index (χ2v) is 3.11. The highest BCUT2D eigenvalue weighted by atomic mass is 15.1. The number of imidazole rings is 1. The summed E-state index contributed by atoms with van der Waals surface area (Å²) in [5.74, 6) is 5.97. The molecule has 1 N–H and O–H groups in total. The number of benzene rings is 1. The number of aromatic nitrogens is 2. The van der Waals surface area contributed by atoms with Crippen LogP contribution in [-0.4, -0.2) is 16.5 Å². The smallest absolute Gasteiger partial charge is 0.104 e. The Morgan fingerprint density at radius 3 is 3.31 bits per heavy atom. The second-order valence-electron chi connectivity index (χ2n) is 3.11. The Labute approximate surface area is 92.1 Å². The van der Waals surface area contributed by atoms with E-state index in [1.165, 1.54) is 0 Å². The summed E-state index contributed by atoms with van der Waals surface area (Å²) in [5, 5.41) is 3.41. The van der Waals surface area contributed by atoms with Crippen LogP contribution in [0.1, 0.15) is 12.0 Å². The van der Waals surface area contributed by atoms with E-state index in [1.807, 2.05) is 18.2 Å². The number of para-hydroxylation sites is 1. The molecule has 0 bridgehead atoms. The summed E-state index contributed by atoms with van der Waals surface area (Å²) in [7, 11) is 0. The minimum absolute atomic E-state index is 0.403. The molecule has 0 saturated heterocycles. The molecule has 0 spiro atoms. The minimum atomic E-state index is 0.403. The molecular weight excluding hydrogens is 202 g/mol. The number of rotatable bonds is 2. The van der Waals surface area contributed by atoms with Crippen LogP contribution in [0.5, 0.6) is 0 Å². The van der Waals surface area contributed by atoms with Crippen molar-refractivity contribution in [3.63, 3.8) is 0 Å². The van der Waals surface area contributed by atoms with Crippen molar-refractivity contribution in [3.8, 4) is 11.8 Å². The van der Waals surface area contributed by atoms with Crippen LogP contribution in [0.25, 0.3) is 21.5 Å². The molecule has 0 aliphatic carbocycles. The van der Waals surface area contributed by atoms with E-state index in [1.54, 1.807) is 6.33 Å². The van der Waals surface area contributed by atoms with E-state index < -0.39 is 0 Å². The van der Waals surface area contributed by atoms with E-state index in [0.29, 0.717) is 13.0 Å². The number of nitrogens with one attached hydrogen (secondary N) is 1. The molecule has 0 aliphatic heterocycles. The van der Waals surface area contributed by atoms with E-state index in [2.05, 4.69) is 31.8 Å². The van der Waals surface area contributed by atoms with Gasteiger partial charge in [-0.2, -0.15) is 0 Å². The first-order valence-electron chi connectivity index (χ1n) is 4.83. The first kappa shape index (κ1) is 10.1. The molecule has 0 amide bonds. The SMILES string of the molecule is [N-]=[N+]=NCCC#Cc1cccc2[nH]cnc12. The van der Waals surface area contributed by atoms with Gasteiger partial charge in [0.15, 0.2) is 0 Å². The summed E-state index contributed by atoms with van der Waals surface area (Å²) >= 11 is 0. The number of hydrogen-bond acceptors (Lipinski definition) is 2. The minimum Gasteiger partial charge on any atom is -0.345 e. The highest BCUT2D eigenvalue weighted by Crippen LogP contribution is 2.12. The van der Waals surface area contributed by atoms with E-state index in [9.17, 15) is 0 Å². The van der Waals surface area contributed by atoms with Crippen molar-refractivity contribution in [3.05, 3.63) is 40.5 Å². The molecule has 2 aromatic rings. The van der Waals surface area contributed by atoms with Crippen LogP contribution >= 0.6 is 0 Å². The first-order chi connectivity index (χ1) is 7.92. The predicted octanol–water partition coefficient (Wildman–Crippen LogP) is 2.61. The summed E-state index contributed by atoms with van der Waals surface area (Å²) in [5.41, 5.74) is 10.8. The summed E-state index contributed by atoms with van der Waals surface area (Å²) in [6.45, 7) is 0.403.